The van der Waals surface area contributed by atoms with Crippen LogP contribution in [-0.4, -0.2) is 46.4 Å². The van der Waals surface area contributed by atoms with Gasteiger partial charge in [0.05, 0.1) is 18.8 Å². The van der Waals surface area contributed by atoms with Crippen molar-refractivity contribution in [2.45, 2.75) is 25.3 Å². The van der Waals surface area contributed by atoms with Gasteiger partial charge in [0.2, 0.25) is 5.89 Å². The number of aromatic nitrogens is 3. The number of morpholine rings is 1. The van der Waals surface area contributed by atoms with Crippen molar-refractivity contribution in [1.29, 1.82) is 0 Å². The van der Waals surface area contributed by atoms with Crippen LogP contribution in [0.15, 0.2) is 40.9 Å². The fraction of sp³-hybridized carbons (Fsp3) is 0.381. The first-order valence-corrected chi connectivity index (χ1v) is 9.75. The zero-order valence-electron chi connectivity index (χ0n) is 15.7. The smallest absolute Gasteiger partial charge is 0.251 e. The minimum absolute atomic E-state index is 0.402. The van der Waals surface area contributed by atoms with Gasteiger partial charge in [0.25, 0.3) is 5.89 Å². The number of anilines is 1. The van der Waals surface area contributed by atoms with Gasteiger partial charge in [-0.1, -0.05) is 18.2 Å². The van der Waals surface area contributed by atoms with Crippen molar-refractivity contribution in [3.63, 3.8) is 0 Å². The first-order valence-electron chi connectivity index (χ1n) is 9.75. The number of nitrogens with zero attached hydrogens (tertiary/aromatic N) is 4. The van der Waals surface area contributed by atoms with Crippen LogP contribution in [0.25, 0.3) is 22.6 Å². The van der Waals surface area contributed by atoms with Gasteiger partial charge in [-0.15, -0.1) is 10.2 Å². The van der Waals surface area contributed by atoms with Crippen molar-refractivity contribution in [3.05, 3.63) is 48.0 Å². The fourth-order valence-corrected chi connectivity index (χ4v) is 3.51. The molecule has 1 aliphatic heterocycles. The molecule has 2 N–H and O–H groups in total. The Morgan fingerprint density at radius 3 is 2.75 bits per heavy atom. The summed E-state index contributed by atoms with van der Waals surface area (Å²) in [5, 5.41) is 8.34. The lowest BCUT2D eigenvalue weighted by Gasteiger charge is -2.26. The van der Waals surface area contributed by atoms with E-state index >= 15 is 0 Å². The van der Waals surface area contributed by atoms with Crippen LogP contribution in [0.1, 0.15) is 30.2 Å². The molecule has 2 aromatic heterocycles. The minimum atomic E-state index is 0.402. The van der Waals surface area contributed by atoms with Gasteiger partial charge in [-0.05, 0) is 36.1 Å². The van der Waals surface area contributed by atoms with E-state index in [0.717, 1.165) is 56.8 Å². The maximum Gasteiger partial charge on any atom is 0.251 e. The predicted molar refractivity (Wildman–Crippen MR) is 105 cm³/mol. The lowest BCUT2D eigenvalue weighted by Crippen LogP contribution is -2.35. The number of nitrogen functional groups attached to an aromatic ring is 1. The molecular weight excluding hydrogens is 354 g/mol. The average molecular weight is 377 g/mol. The topological polar surface area (TPSA) is 90.3 Å². The van der Waals surface area contributed by atoms with E-state index in [-0.39, 0.29) is 0 Å². The number of pyridine rings is 1. The lowest BCUT2D eigenvalue weighted by atomic mass is 10.0. The average Bonchev–Trinajstić information content (AvgIpc) is 3.46. The molecule has 0 unspecified atom stereocenters. The Balaban J connectivity index is 1.41. The van der Waals surface area contributed by atoms with E-state index < -0.39 is 0 Å². The Kier molecular flexibility index (Phi) is 4.54. The van der Waals surface area contributed by atoms with E-state index in [1.807, 2.05) is 6.07 Å². The molecule has 0 amide bonds. The highest BCUT2D eigenvalue weighted by atomic mass is 16.5. The van der Waals surface area contributed by atoms with E-state index in [4.69, 9.17) is 14.9 Å². The second-order valence-electron chi connectivity index (χ2n) is 7.47. The molecule has 7 nitrogen and oxygen atoms in total. The summed E-state index contributed by atoms with van der Waals surface area (Å²) in [4.78, 5) is 6.78. The number of hydrogen-bond donors (Lipinski definition) is 1. The Morgan fingerprint density at radius 1 is 1.07 bits per heavy atom. The molecule has 1 aliphatic carbocycles. The Bertz CT molecular complexity index is 976. The summed E-state index contributed by atoms with van der Waals surface area (Å²) in [5.74, 6) is 1.96. The molecule has 1 aromatic carbocycles. The highest BCUT2D eigenvalue weighted by Crippen LogP contribution is 2.40. The van der Waals surface area contributed by atoms with Crippen molar-refractivity contribution in [2.24, 2.45) is 0 Å². The van der Waals surface area contributed by atoms with Crippen LogP contribution in [0.2, 0.25) is 0 Å². The molecular formula is C21H23N5O2. The van der Waals surface area contributed by atoms with Gasteiger partial charge < -0.3 is 14.9 Å². The lowest BCUT2D eigenvalue weighted by molar-refractivity contribution is 0.0342. The largest absolute Gasteiger partial charge is 0.420 e. The molecule has 0 radical (unpaired) electrons. The first-order chi connectivity index (χ1) is 13.8. The molecule has 7 heteroatoms. The normalized spacial score (nSPS) is 17.7. The summed E-state index contributed by atoms with van der Waals surface area (Å²) in [6, 6.07) is 10.5. The van der Waals surface area contributed by atoms with Gasteiger partial charge in [-0.25, -0.2) is 4.98 Å². The third-order valence-electron chi connectivity index (χ3n) is 5.29. The molecule has 2 fully saturated rings. The second-order valence-corrected chi connectivity index (χ2v) is 7.47. The molecule has 3 heterocycles. The molecule has 144 valence electrons. The Labute approximate surface area is 163 Å². The van der Waals surface area contributed by atoms with E-state index in [0.29, 0.717) is 29.1 Å². The molecule has 5 rings (SSSR count). The maximum absolute atomic E-state index is 6.10. The summed E-state index contributed by atoms with van der Waals surface area (Å²) in [5.41, 5.74) is 10.1. The predicted octanol–water partition coefficient (Wildman–Crippen LogP) is 3.09. The van der Waals surface area contributed by atoms with Crippen LogP contribution in [0.3, 0.4) is 0 Å². The first kappa shape index (κ1) is 17.3. The van der Waals surface area contributed by atoms with E-state index in [1.54, 1.807) is 6.20 Å². The molecule has 3 aromatic rings. The third-order valence-corrected chi connectivity index (χ3v) is 5.29. The van der Waals surface area contributed by atoms with Crippen LogP contribution in [0.5, 0.6) is 0 Å². The number of rotatable bonds is 5. The van der Waals surface area contributed by atoms with Gasteiger partial charge in [0.15, 0.2) is 0 Å². The summed E-state index contributed by atoms with van der Waals surface area (Å²) >= 11 is 0. The zero-order valence-corrected chi connectivity index (χ0v) is 15.7. The fourth-order valence-electron chi connectivity index (χ4n) is 3.51. The van der Waals surface area contributed by atoms with Gasteiger partial charge in [0, 0.05) is 37.3 Å². The maximum atomic E-state index is 6.10. The quantitative estimate of drug-likeness (QED) is 0.730. The monoisotopic (exact) mass is 377 g/mol. The summed E-state index contributed by atoms with van der Waals surface area (Å²) in [6.45, 7) is 4.47. The van der Waals surface area contributed by atoms with E-state index in [1.165, 1.54) is 5.56 Å². The van der Waals surface area contributed by atoms with Crippen LogP contribution < -0.4 is 5.73 Å². The van der Waals surface area contributed by atoms with Crippen molar-refractivity contribution in [1.82, 2.24) is 20.1 Å². The summed E-state index contributed by atoms with van der Waals surface area (Å²) < 4.78 is 11.3. The van der Waals surface area contributed by atoms with Crippen LogP contribution in [0.4, 0.5) is 5.82 Å². The third kappa shape index (κ3) is 3.63. The van der Waals surface area contributed by atoms with Crippen molar-refractivity contribution in [2.75, 3.05) is 32.0 Å². The number of benzene rings is 1. The number of hydrogen-bond acceptors (Lipinski definition) is 7. The van der Waals surface area contributed by atoms with Crippen molar-refractivity contribution >= 4 is 5.82 Å². The molecule has 1 saturated heterocycles. The molecule has 0 bridgehead atoms. The van der Waals surface area contributed by atoms with E-state index in [2.05, 4.69) is 44.3 Å². The van der Waals surface area contributed by atoms with Gasteiger partial charge >= 0.3 is 0 Å². The van der Waals surface area contributed by atoms with Crippen molar-refractivity contribution < 1.29 is 9.15 Å². The number of nitrogens with two attached hydrogens (primary N) is 1. The van der Waals surface area contributed by atoms with Crippen LogP contribution in [-0.2, 0) is 11.3 Å². The van der Waals surface area contributed by atoms with Gasteiger partial charge in [-0.2, -0.15) is 0 Å². The SMILES string of the molecule is Nc1ncc(-c2cccc(CN3CCOCC3)c2)cc1-c1nnc(C2CC2)o1. The highest BCUT2D eigenvalue weighted by molar-refractivity contribution is 5.75. The van der Waals surface area contributed by atoms with Gasteiger partial charge in [0.1, 0.15) is 5.82 Å². The van der Waals surface area contributed by atoms with Crippen LogP contribution in [0, 0.1) is 0 Å². The molecule has 1 saturated carbocycles. The second kappa shape index (κ2) is 7.33. The molecule has 2 aliphatic rings. The molecule has 0 atom stereocenters. The highest BCUT2D eigenvalue weighted by Gasteiger charge is 2.30. The standard InChI is InChI=1S/C21H23N5O2/c22-19-18(21-25-24-20(28-21)15-4-5-15)11-17(12-23-19)16-3-1-2-14(10-16)13-26-6-8-27-9-7-26/h1-3,10-12,15H,4-9,13H2,(H2,22,23). The van der Waals surface area contributed by atoms with E-state index in [9.17, 15) is 0 Å². The Morgan fingerprint density at radius 2 is 1.93 bits per heavy atom. The van der Waals surface area contributed by atoms with Crippen LogP contribution >= 0.6 is 0 Å². The molecule has 28 heavy (non-hydrogen) atoms. The summed E-state index contributed by atoms with van der Waals surface area (Å²) in [7, 11) is 0. The van der Waals surface area contributed by atoms with Gasteiger partial charge in [-0.3, -0.25) is 4.90 Å². The zero-order chi connectivity index (χ0) is 18.9. The minimum Gasteiger partial charge on any atom is -0.420 e. The van der Waals surface area contributed by atoms with Crippen molar-refractivity contribution in [3.8, 4) is 22.6 Å². The number of ether oxygens (including phenoxy) is 1. The summed E-state index contributed by atoms with van der Waals surface area (Å²) in [6.07, 6.45) is 4.03. The Hall–Kier alpha value is -2.77. The molecule has 0 spiro atoms.